The van der Waals surface area contributed by atoms with Gasteiger partial charge < -0.3 is 15.0 Å². The Morgan fingerprint density at radius 1 is 1.39 bits per heavy atom. The Labute approximate surface area is 140 Å². The summed E-state index contributed by atoms with van der Waals surface area (Å²) < 4.78 is 5.49. The molecule has 2 aliphatic rings. The number of nitrogens with zero attached hydrogens (tertiary/aromatic N) is 1. The van der Waals surface area contributed by atoms with Crippen LogP contribution in [0.1, 0.15) is 24.8 Å². The lowest BCUT2D eigenvalue weighted by atomic mass is 10.1. The Balaban J connectivity index is 1.52. The zero-order chi connectivity index (χ0) is 16.2. The summed E-state index contributed by atoms with van der Waals surface area (Å²) in [7, 11) is 0. The van der Waals surface area contributed by atoms with Crippen LogP contribution in [0.2, 0.25) is 5.02 Å². The molecule has 124 valence electrons. The Hall–Kier alpha value is -1.59. The molecule has 0 saturated carbocycles. The van der Waals surface area contributed by atoms with E-state index in [1.165, 1.54) is 0 Å². The van der Waals surface area contributed by atoms with Gasteiger partial charge in [0.1, 0.15) is 0 Å². The van der Waals surface area contributed by atoms with E-state index >= 15 is 0 Å². The number of ether oxygens (including phenoxy) is 1. The van der Waals surface area contributed by atoms with Crippen molar-refractivity contribution in [3.63, 3.8) is 0 Å². The van der Waals surface area contributed by atoms with Gasteiger partial charge in [0.2, 0.25) is 11.8 Å². The fourth-order valence-corrected chi connectivity index (χ4v) is 3.29. The van der Waals surface area contributed by atoms with Gasteiger partial charge in [-0.2, -0.15) is 0 Å². The standard InChI is InChI=1S/C17H21ClN2O3/c18-15-6-2-1-4-12(15)10-20-11-13(8-16(20)21)17(22)19-9-14-5-3-7-23-14/h1-2,4,6,13-14H,3,5,7-11H2,(H,19,22). The fraction of sp³-hybridized carbons (Fsp3) is 0.529. The molecule has 2 atom stereocenters. The molecule has 5 nitrogen and oxygen atoms in total. The summed E-state index contributed by atoms with van der Waals surface area (Å²) in [5.41, 5.74) is 0.905. The summed E-state index contributed by atoms with van der Waals surface area (Å²) in [5.74, 6) is -0.343. The Morgan fingerprint density at radius 3 is 2.96 bits per heavy atom. The molecule has 6 heteroatoms. The van der Waals surface area contributed by atoms with Crippen LogP contribution in [0.25, 0.3) is 0 Å². The molecule has 2 amide bonds. The fourth-order valence-electron chi connectivity index (χ4n) is 3.10. The molecular weight excluding hydrogens is 316 g/mol. The molecule has 3 rings (SSSR count). The lowest BCUT2D eigenvalue weighted by molar-refractivity contribution is -0.129. The molecule has 2 fully saturated rings. The maximum atomic E-state index is 12.2. The zero-order valence-corrected chi connectivity index (χ0v) is 13.7. The first-order valence-corrected chi connectivity index (χ1v) is 8.42. The van der Waals surface area contributed by atoms with Crippen molar-refractivity contribution in [3.8, 4) is 0 Å². The Kier molecular flexibility index (Phi) is 5.18. The van der Waals surface area contributed by atoms with E-state index in [9.17, 15) is 9.59 Å². The molecule has 2 unspecified atom stereocenters. The van der Waals surface area contributed by atoms with Crippen molar-refractivity contribution in [2.75, 3.05) is 19.7 Å². The minimum atomic E-state index is -0.286. The molecule has 0 bridgehead atoms. The molecule has 1 aromatic carbocycles. The second-order valence-corrected chi connectivity index (χ2v) is 6.55. The average molecular weight is 337 g/mol. The van der Waals surface area contributed by atoms with Gasteiger partial charge in [-0.05, 0) is 24.5 Å². The number of rotatable bonds is 5. The van der Waals surface area contributed by atoms with Crippen molar-refractivity contribution in [3.05, 3.63) is 34.9 Å². The highest BCUT2D eigenvalue weighted by molar-refractivity contribution is 6.31. The number of hydrogen-bond acceptors (Lipinski definition) is 3. The Bertz CT molecular complexity index is 587. The molecule has 2 heterocycles. The number of amides is 2. The van der Waals surface area contributed by atoms with Crippen molar-refractivity contribution in [1.29, 1.82) is 0 Å². The second kappa shape index (κ2) is 7.32. The van der Waals surface area contributed by atoms with E-state index in [1.807, 2.05) is 24.3 Å². The van der Waals surface area contributed by atoms with Gasteiger partial charge in [0.15, 0.2) is 0 Å². The third kappa shape index (κ3) is 4.03. The van der Waals surface area contributed by atoms with Gasteiger partial charge in [-0.25, -0.2) is 0 Å². The quantitative estimate of drug-likeness (QED) is 0.894. The smallest absolute Gasteiger partial charge is 0.225 e. The van der Waals surface area contributed by atoms with Gasteiger partial charge in [0.25, 0.3) is 0 Å². The van der Waals surface area contributed by atoms with Gasteiger partial charge >= 0.3 is 0 Å². The average Bonchev–Trinajstić information content (AvgIpc) is 3.18. The number of likely N-dealkylation sites (tertiary alicyclic amines) is 1. The minimum Gasteiger partial charge on any atom is -0.376 e. The van der Waals surface area contributed by atoms with Crippen molar-refractivity contribution < 1.29 is 14.3 Å². The third-order valence-electron chi connectivity index (χ3n) is 4.43. The highest BCUT2D eigenvalue weighted by atomic mass is 35.5. The molecule has 1 N–H and O–H groups in total. The van der Waals surface area contributed by atoms with Crippen LogP contribution >= 0.6 is 11.6 Å². The van der Waals surface area contributed by atoms with E-state index in [1.54, 1.807) is 4.90 Å². The summed E-state index contributed by atoms with van der Waals surface area (Å²) in [5, 5.41) is 3.56. The largest absolute Gasteiger partial charge is 0.376 e. The van der Waals surface area contributed by atoms with Crippen molar-refractivity contribution >= 4 is 23.4 Å². The van der Waals surface area contributed by atoms with E-state index in [0.717, 1.165) is 25.0 Å². The molecule has 0 spiro atoms. The van der Waals surface area contributed by atoms with Gasteiger partial charge in [-0.1, -0.05) is 29.8 Å². The van der Waals surface area contributed by atoms with Gasteiger partial charge in [0, 0.05) is 37.7 Å². The van der Waals surface area contributed by atoms with Crippen molar-refractivity contribution in [1.82, 2.24) is 10.2 Å². The topological polar surface area (TPSA) is 58.6 Å². The molecule has 1 aromatic rings. The molecule has 2 saturated heterocycles. The summed E-state index contributed by atoms with van der Waals surface area (Å²) >= 11 is 6.14. The first-order valence-electron chi connectivity index (χ1n) is 8.04. The highest BCUT2D eigenvalue weighted by Crippen LogP contribution is 2.23. The van der Waals surface area contributed by atoms with Crippen LogP contribution in [0, 0.1) is 5.92 Å². The van der Waals surface area contributed by atoms with Crippen LogP contribution in [0.5, 0.6) is 0 Å². The summed E-state index contributed by atoms with van der Waals surface area (Å²) in [6.07, 6.45) is 2.42. The molecule has 23 heavy (non-hydrogen) atoms. The zero-order valence-electron chi connectivity index (χ0n) is 13.0. The van der Waals surface area contributed by atoms with Gasteiger partial charge in [0.05, 0.1) is 12.0 Å². The number of halogens is 1. The van der Waals surface area contributed by atoms with E-state index in [-0.39, 0.29) is 30.3 Å². The monoisotopic (exact) mass is 336 g/mol. The summed E-state index contributed by atoms with van der Waals surface area (Å²) in [4.78, 5) is 26.1. The highest BCUT2D eigenvalue weighted by Gasteiger charge is 2.34. The van der Waals surface area contributed by atoms with Gasteiger partial charge in [-0.3, -0.25) is 9.59 Å². The van der Waals surface area contributed by atoms with E-state index in [2.05, 4.69) is 5.32 Å². The molecule has 2 aliphatic heterocycles. The summed E-state index contributed by atoms with van der Waals surface area (Å²) in [6.45, 7) is 2.21. The Morgan fingerprint density at radius 2 is 2.22 bits per heavy atom. The maximum Gasteiger partial charge on any atom is 0.225 e. The number of benzene rings is 1. The van der Waals surface area contributed by atoms with Crippen molar-refractivity contribution in [2.24, 2.45) is 5.92 Å². The lowest BCUT2D eigenvalue weighted by Crippen LogP contribution is -2.37. The predicted octanol–water partition coefficient (Wildman–Crippen LogP) is 1.98. The van der Waals surface area contributed by atoms with Crippen LogP contribution in [0.15, 0.2) is 24.3 Å². The van der Waals surface area contributed by atoms with Crippen LogP contribution in [-0.2, 0) is 20.9 Å². The number of carbonyl (C=O) groups is 2. The first-order chi connectivity index (χ1) is 11.1. The van der Waals surface area contributed by atoms with Crippen LogP contribution < -0.4 is 5.32 Å². The predicted molar refractivity (Wildman–Crippen MR) is 87.0 cm³/mol. The SMILES string of the molecule is O=C(NCC1CCCO1)C1CC(=O)N(Cc2ccccc2Cl)C1. The molecular formula is C17H21ClN2O3. The van der Waals surface area contributed by atoms with E-state index in [4.69, 9.17) is 16.3 Å². The summed E-state index contributed by atoms with van der Waals surface area (Å²) in [6, 6.07) is 7.47. The first kappa shape index (κ1) is 16.3. The molecule has 0 aromatic heterocycles. The molecule has 0 aliphatic carbocycles. The minimum absolute atomic E-state index is 0.00202. The van der Waals surface area contributed by atoms with Crippen LogP contribution in [0.3, 0.4) is 0 Å². The van der Waals surface area contributed by atoms with Crippen molar-refractivity contribution in [2.45, 2.75) is 31.9 Å². The normalized spacial score (nSPS) is 24.2. The van der Waals surface area contributed by atoms with Gasteiger partial charge in [-0.15, -0.1) is 0 Å². The van der Waals surface area contributed by atoms with Crippen LogP contribution in [0.4, 0.5) is 0 Å². The number of hydrogen-bond donors (Lipinski definition) is 1. The number of carbonyl (C=O) groups excluding carboxylic acids is 2. The number of nitrogens with one attached hydrogen (secondary N) is 1. The van der Waals surface area contributed by atoms with E-state index < -0.39 is 0 Å². The molecule has 0 radical (unpaired) electrons. The second-order valence-electron chi connectivity index (χ2n) is 6.15. The lowest BCUT2D eigenvalue weighted by Gasteiger charge is -2.18. The maximum absolute atomic E-state index is 12.2. The van der Waals surface area contributed by atoms with Crippen LogP contribution in [-0.4, -0.2) is 42.5 Å². The third-order valence-corrected chi connectivity index (χ3v) is 4.80. The van der Waals surface area contributed by atoms with E-state index in [0.29, 0.717) is 24.7 Å².